The maximum atomic E-state index is 11.4. The first-order valence-corrected chi connectivity index (χ1v) is 6.44. The summed E-state index contributed by atoms with van der Waals surface area (Å²) in [6.07, 6.45) is 0.486. The van der Waals surface area contributed by atoms with Crippen LogP contribution >= 0.6 is 7.60 Å². The second-order valence-electron chi connectivity index (χ2n) is 4.01. The first kappa shape index (κ1) is 14.6. The van der Waals surface area contributed by atoms with Gasteiger partial charge in [-0.1, -0.05) is 13.8 Å². The molecule has 90 valence electrons. The quantitative estimate of drug-likeness (QED) is 0.503. The number of amides is 1. The van der Waals surface area contributed by atoms with Gasteiger partial charge in [0.15, 0.2) is 0 Å². The van der Waals surface area contributed by atoms with E-state index < -0.39 is 25.3 Å². The van der Waals surface area contributed by atoms with Gasteiger partial charge >= 0.3 is 7.60 Å². The molecule has 0 aliphatic heterocycles. The van der Waals surface area contributed by atoms with Crippen molar-refractivity contribution in [2.45, 2.75) is 39.0 Å². The Hall–Kier alpha value is -0.420. The Balaban J connectivity index is 4.20. The Kier molecular flexibility index (Phi) is 5.45. The van der Waals surface area contributed by atoms with Crippen molar-refractivity contribution in [2.75, 3.05) is 0 Å². The predicted octanol–water partition coefficient (Wildman–Crippen LogP) is -0.000300. The van der Waals surface area contributed by atoms with Crippen LogP contribution in [0.3, 0.4) is 0 Å². The van der Waals surface area contributed by atoms with Gasteiger partial charge in [0.25, 0.3) is 0 Å². The molecule has 0 heterocycles. The summed E-state index contributed by atoms with van der Waals surface area (Å²) in [5, 5.41) is 2.20. The van der Waals surface area contributed by atoms with Gasteiger partial charge in [0, 0.05) is 0 Å². The SMILES string of the molecule is CC(C)CC(N)C(=O)NC(C)P(=O)(O)O. The first-order chi connectivity index (χ1) is 6.64. The second kappa shape index (κ2) is 5.61. The molecular weight excluding hydrogens is 219 g/mol. The van der Waals surface area contributed by atoms with Crippen LogP contribution in [0, 0.1) is 5.92 Å². The van der Waals surface area contributed by atoms with E-state index in [0.29, 0.717) is 6.42 Å². The molecule has 0 aromatic carbocycles. The Morgan fingerprint density at radius 2 is 1.87 bits per heavy atom. The van der Waals surface area contributed by atoms with Crippen LogP contribution in [0.5, 0.6) is 0 Å². The highest BCUT2D eigenvalue weighted by atomic mass is 31.2. The number of nitrogens with two attached hydrogens (primary N) is 1. The van der Waals surface area contributed by atoms with Gasteiger partial charge in [0.1, 0.15) is 5.78 Å². The highest BCUT2D eigenvalue weighted by Gasteiger charge is 2.27. The van der Waals surface area contributed by atoms with Gasteiger partial charge in [-0.05, 0) is 19.3 Å². The number of hydrogen-bond acceptors (Lipinski definition) is 3. The fourth-order valence-electron chi connectivity index (χ4n) is 1.01. The number of rotatable bonds is 5. The van der Waals surface area contributed by atoms with Crippen molar-refractivity contribution in [3.8, 4) is 0 Å². The molecule has 0 saturated heterocycles. The zero-order valence-corrected chi connectivity index (χ0v) is 10.1. The van der Waals surface area contributed by atoms with Gasteiger partial charge in [-0.25, -0.2) is 0 Å². The van der Waals surface area contributed by atoms with Crippen molar-refractivity contribution in [3.63, 3.8) is 0 Å². The Bertz CT molecular complexity index is 263. The highest BCUT2D eigenvalue weighted by molar-refractivity contribution is 7.52. The molecule has 7 heteroatoms. The summed E-state index contributed by atoms with van der Waals surface area (Å²) in [5.41, 5.74) is 5.54. The monoisotopic (exact) mass is 238 g/mol. The Labute approximate surface area is 89.4 Å². The molecule has 0 bridgehead atoms. The average molecular weight is 238 g/mol. The summed E-state index contributed by atoms with van der Waals surface area (Å²) >= 11 is 0. The standard InChI is InChI=1S/C8H19N2O4P/c1-5(2)4-7(9)8(11)10-6(3)15(12,13)14/h5-7H,4,9H2,1-3H3,(H,10,11)(H2,12,13,14). The van der Waals surface area contributed by atoms with Crippen LogP contribution in [0.15, 0.2) is 0 Å². The topological polar surface area (TPSA) is 113 Å². The van der Waals surface area contributed by atoms with Crippen molar-refractivity contribution >= 4 is 13.5 Å². The van der Waals surface area contributed by atoms with Crippen LogP contribution in [0.2, 0.25) is 0 Å². The maximum absolute atomic E-state index is 11.4. The van der Waals surface area contributed by atoms with Gasteiger partial charge in [-0.15, -0.1) is 0 Å². The van der Waals surface area contributed by atoms with E-state index in [1.165, 1.54) is 6.92 Å². The fraction of sp³-hybridized carbons (Fsp3) is 0.875. The van der Waals surface area contributed by atoms with Crippen molar-refractivity contribution < 1.29 is 19.1 Å². The predicted molar refractivity (Wildman–Crippen MR) is 57.1 cm³/mol. The van der Waals surface area contributed by atoms with Crippen molar-refractivity contribution in [2.24, 2.45) is 11.7 Å². The number of carbonyl (C=O) groups is 1. The minimum absolute atomic E-state index is 0.260. The van der Waals surface area contributed by atoms with Gasteiger partial charge in [-0.2, -0.15) is 0 Å². The summed E-state index contributed by atoms with van der Waals surface area (Å²) < 4.78 is 10.8. The minimum atomic E-state index is -4.27. The molecule has 0 rings (SSSR count). The van der Waals surface area contributed by atoms with E-state index in [2.05, 4.69) is 5.32 Å². The van der Waals surface area contributed by atoms with E-state index in [0.717, 1.165) is 0 Å². The first-order valence-electron chi connectivity index (χ1n) is 4.75. The van der Waals surface area contributed by atoms with Gasteiger partial charge in [0.2, 0.25) is 5.91 Å². The van der Waals surface area contributed by atoms with Crippen LogP contribution in [-0.4, -0.2) is 27.5 Å². The molecule has 0 aromatic rings. The molecular formula is C8H19N2O4P. The highest BCUT2D eigenvalue weighted by Crippen LogP contribution is 2.39. The van der Waals surface area contributed by atoms with E-state index >= 15 is 0 Å². The Morgan fingerprint density at radius 1 is 1.40 bits per heavy atom. The molecule has 0 radical (unpaired) electrons. The molecule has 0 spiro atoms. The zero-order valence-electron chi connectivity index (χ0n) is 9.17. The lowest BCUT2D eigenvalue weighted by Gasteiger charge is -2.19. The summed E-state index contributed by atoms with van der Waals surface area (Å²) in [6, 6.07) is -0.723. The van der Waals surface area contributed by atoms with Crippen molar-refractivity contribution in [3.05, 3.63) is 0 Å². The van der Waals surface area contributed by atoms with Crippen molar-refractivity contribution in [1.82, 2.24) is 5.32 Å². The molecule has 2 atom stereocenters. The van der Waals surface area contributed by atoms with Gasteiger partial charge < -0.3 is 20.8 Å². The van der Waals surface area contributed by atoms with Crippen LogP contribution in [0.1, 0.15) is 27.2 Å². The number of carbonyl (C=O) groups excluding carboxylic acids is 1. The van der Waals surface area contributed by atoms with Gasteiger partial charge in [0.05, 0.1) is 6.04 Å². The lowest BCUT2D eigenvalue weighted by molar-refractivity contribution is -0.122. The van der Waals surface area contributed by atoms with Crippen LogP contribution in [0.25, 0.3) is 0 Å². The molecule has 0 aromatic heterocycles. The fourth-order valence-corrected chi connectivity index (χ4v) is 1.31. The third-order valence-electron chi connectivity index (χ3n) is 1.92. The molecule has 0 aliphatic carbocycles. The smallest absolute Gasteiger partial charge is 0.341 e. The lowest BCUT2D eigenvalue weighted by atomic mass is 10.0. The van der Waals surface area contributed by atoms with E-state index in [-0.39, 0.29) is 5.92 Å². The summed E-state index contributed by atoms with van der Waals surface area (Å²) in [5.74, 6) is -1.46. The maximum Gasteiger partial charge on any atom is 0.347 e. The molecule has 6 nitrogen and oxygen atoms in total. The average Bonchev–Trinajstić information content (AvgIpc) is 2.00. The third-order valence-corrected chi connectivity index (χ3v) is 3.06. The number of nitrogens with one attached hydrogen (secondary N) is 1. The van der Waals surface area contributed by atoms with E-state index in [4.69, 9.17) is 15.5 Å². The van der Waals surface area contributed by atoms with Gasteiger partial charge in [-0.3, -0.25) is 9.36 Å². The summed E-state index contributed by atoms with van der Waals surface area (Å²) in [4.78, 5) is 28.9. The molecule has 2 unspecified atom stereocenters. The summed E-state index contributed by atoms with van der Waals surface area (Å²) in [6.45, 7) is 5.08. The third kappa shape index (κ3) is 5.89. The molecule has 0 saturated carbocycles. The second-order valence-corrected chi connectivity index (χ2v) is 5.96. The molecule has 15 heavy (non-hydrogen) atoms. The zero-order chi connectivity index (χ0) is 12.2. The molecule has 0 aliphatic rings. The lowest BCUT2D eigenvalue weighted by Crippen LogP contribution is -2.44. The van der Waals surface area contributed by atoms with E-state index in [9.17, 15) is 9.36 Å². The summed E-state index contributed by atoms with van der Waals surface area (Å²) in [7, 11) is -4.27. The molecule has 5 N–H and O–H groups in total. The normalized spacial score (nSPS) is 16.2. The van der Waals surface area contributed by atoms with Crippen molar-refractivity contribution in [1.29, 1.82) is 0 Å². The van der Waals surface area contributed by atoms with Crippen LogP contribution in [0.4, 0.5) is 0 Å². The minimum Gasteiger partial charge on any atom is -0.341 e. The van der Waals surface area contributed by atoms with Crippen LogP contribution in [-0.2, 0) is 9.36 Å². The number of hydrogen-bond donors (Lipinski definition) is 4. The Morgan fingerprint density at radius 3 is 2.20 bits per heavy atom. The molecule has 0 fully saturated rings. The largest absolute Gasteiger partial charge is 0.347 e. The van der Waals surface area contributed by atoms with E-state index in [1.54, 1.807) is 0 Å². The van der Waals surface area contributed by atoms with E-state index in [1.807, 2.05) is 13.8 Å². The molecule has 1 amide bonds. The van der Waals surface area contributed by atoms with Crippen LogP contribution < -0.4 is 11.1 Å².